The van der Waals surface area contributed by atoms with E-state index < -0.39 is 5.82 Å². The zero-order valence-corrected chi connectivity index (χ0v) is 18.8. The van der Waals surface area contributed by atoms with E-state index in [1.54, 1.807) is 22.9 Å². The molecule has 0 unspecified atom stereocenters. The molecule has 5 rings (SSSR count). The number of nitrogens with zero attached hydrogens (tertiary/aromatic N) is 6. The number of para-hydroxylation sites is 1. The fourth-order valence-corrected chi connectivity index (χ4v) is 4.27. The van der Waals surface area contributed by atoms with Crippen LogP contribution < -0.4 is 5.73 Å². The second kappa shape index (κ2) is 7.97. The summed E-state index contributed by atoms with van der Waals surface area (Å²) in [7, 11) is 0. The fraction of sp³-hybridized carbons (Fsp3) is 0.0952. The van der Waals surface area contributed by atoms with Crippen molar-refractivity contribution in [3.05, 3.63) is 71.0 Å². The van der Waals surface area contributed by atoms with Crippen molar-refractivity contribution in [2.24, 2.45) is 0 Å². The molecule has 2 aromatic carbocycles. The van der Waals surface area contributed by atoms with Gasteiger partial charge >= 0.3 is 0 Å². The van der Waals surface area contributed by atoms with Gasteiger partial charge in [-0.3, -0.25) is 0 Å². The molecule has 0 aliphatic heterocycles. The summed E-state index contributed by atoms with van der Waals surface area (Å²) in [6.07, 6.45) is 1.40. The van der Waals surface area contributed by atoms with Crippen molar-refractivity contribution in [2.45, 2.75) is 11.0 Å². The van der Waals surface area contributed by atoms with Crippen molar-refractivity contribution < 1.29 is 4.39 Å². The highest BCUT2D eigenvalue weighted by Gasteiger charge is 2.20. The molecule has 0 saturated heterocycles. The average Bonchev–Trinajstić information content (AvgIpc) is 3.13. The first-order chi connectivity index (χ1) is 15.1. The lowest BCUT2D eigenvalue weighted by atomic mass is 10.1. The van der Waals surface area contributed by atoms with Crippen molar-refractivity contribution in [2.75, 3.05) is 5.73 Å². The molecule has 0 atom stereocenters. The number of aromatic nitrogens is 6. The van der Waals surface area contributed by atoms with Gasteiger partial charge in [-0.25, -0.2) is 29.0 Å². The number of hydrogen-bond acceptors (Lipinski definition) is 6. The van der Waals surface area contributed by atoms with Gasteiger partial charge in [0.25, 0.3) is 0 Å². The minimum atomic E-state index is -0.443. The summed E-state index contributed by atoms with van der Waals surface area (Å²) in [6.45, 7) is 0.210. The molecular weight excluding hydrogens is 532 g/mol. The first kappa shape index (κ1) is 20.0. The van der Waals surface area contributed by atoms with Gasteiger partial charge < -0.3 is 5.73 Å². The van der Waals surface area contributed by atoms with E-state index in [0.717, 1.165) is 5.69 Å². The van der Waals surface area contributed by atoms with Crippen molar-refractivity contribution in [1.82, 2.24) is 29.7 Å². The van der Waals surface area contributed by atoms with Gasteiger partial charge in [-0.1, -0.05) is 58.5 Å². The first-order valence-electron chi connectivity index (χ1n) is 9.28. The lowest BCUT2D eigenvalue weighted by Gasteiger charge is -2.12. The van der Waals surface area contributed by atoms with Crippen molar-refractivity contribution >= 4 is 62.1 Å². The lowest BCUT2D eigenvalue weighted by molar-refractivity contribution is 0.633. The van der Waals surface area contributed by atoms with Gasteiger partial charge in [-0.05, 0) is 18.2 Å². The molecule has 3 heterocycles. The number of halogens is 3. The van der Waals surface area contributed by atoms with E-state index in [9.17, 15) is 4.39 Å². The summed E-state index contributed by atoms with van der Waals surface area (Å²) in [5.41, 5.74) is 9.85. The SMILES string of the molecule is Nc1ncnc2c1c(CI)nn2Cc1nc2c(F)cccc2nc1-c1ccccc1Cl. The minimum absolute atomic E-state index is 0.188. The van der Waals surface area contributed by atoms with Gasteiger partial charge in [-0.2, -0.15) is 5.10 Å². The van der Waals surface area contributed by atoms with Crippen molar-refractivity contribution in [1.29, 1.82) is 0 Å². The third kappa shape index (κ3) is 3.47. The Morgan fingerprint density at radius 2 is 1.87 bits per heavy atom. The molecule has 0 aliphatic rings. The second-order valence-corrected chi connectivity index (χ2v) is 7.97. The maximum absolute atomic E-state index is 14.5. The molecule has 31 heavy (non-hydrogen) atoms. The summed E-state index contributed by atoms with van der Waals surface area (Å²) in [4.78, 5) is 17.8. The highest BCUT2D eigenvalue weighted by molar-refractivity contribution is 14.1. The molecular formula is C21H14ClFIN7. The van der Waals surface area contributed by atoms with Crippen LogP contribution in [0.15, 0.2) is 48.8 Å². The predicted molar refractivity (Wildman–Crippen MR) is 127 cm³/mol. The normalized spacial score (nSPS) is 11.5. The fourth-order valence-electron chi connectivity index (χ4n) is 3.51. The number of nitrogen functional groups attached to an aromatic ring is 1. The van der Waals surface area contributed by atoms with Crippen LogP contribution in [0.1, 0.15) is 11.4 Å². The lowest BCUT2D eigenvalue weighted by Crippen LogP contribution is -2.09. The van der Waals surface area contributed by atoms with Gasteiger partial charge in [0.15, 0.2) is 11.5 Å². The summed E-state index contributed by atoms with van der Waals surface area (Å²) >= 11 is 8.67. The number of hydrogen-bond donors (Lipinski definition) is 1. The Hall–Kier alpha value is -2.92. The Morgan fingerprint density at radius 3 is 2.68 bits per heavy atom. The second-order valence-electron chi connectivity index (χ2n) is 6.80. The molecule has 2 N–H and O–H groups in total. The zero-order valence-electron chi connectivity index (χ0n) is 15.9. The number of rotatable bonds is 4. The number of benzene rings is 2. The van der Waals surface area contributed by atoms with Crippen LogP contribution >= 0.6 is 34.2 Å². The van der Waals surface area contributed by atoms with Crippen LogP contribution in [-0.2, 0) is 11.0 Å². The van der Waals surface area contributed by atoms with Gasteiger partial charge in [0.05, 0.1) is 39.6 Å². The Kier molecular flexibility index (Phi) is 5.14. The largest absolute Gasteiger partial charge is 0.383 e. The molecule has 0 fully saturated rings. The first-order valence-corrected chi connectivity index (χ1v) is 11.2. The predicted octanol–water partition coefficient (Wildman–Crippen LogP) is 4.79. The molecule has 0 aliphatic carbocycles. The smallest absolute Gasteiger partial charge is 0.163 e. The van der Waals surface area contributed by atoms with Crippen LogP contribution in [0, 0.1) is 5.82 Å². The van der Waals surface area contributed by atoms with Gasteiger partial charge in [-0.15, -0.1) is 0 Å². The summed E-state index contributed by atoms with van der Waals surface area (Å²) in [5.74, 6) is -0.0771. The zero-order chi connectivity index (χ0) is 21.5. The number of fused-ring (bicyclic) bond motifs is 2. The molecule has 0 spiro atoms. The Morgan fingerprint density at radius 1 is 1.03 bits per heavy atom. The van der Waals surface area contributed by atoms with Gasteiger partial charge in [0, 0.05) is 9.99 Å². The maximum Gasteiger partial charge on any atom is 0.163 e. The Bertz CT molecular complexity index is 1450. The molecule has 0 saturated carbocycles. The van der Waals surface area contributed by atoms with E-state index in [1.165, 1.54) is 12.4 Å². The van der Waals surface area contributed by atoms with Crippen molar-refractivity contribution in [3.8, 4) is 11.3 Å². The summed E-state index contributed by atoms with van der Waals surface area (Å²) in [5, 5.41) is 5.89. The van der Waals surface area contributed by atoms with Crippen LogP contribution in [0.5, 0.6) is 0 Å². The highest BCUT2D eigenvalue weighted by Crippen LogP contribution is 2.31. The van der Waals surface area contributed by atoms with Crippen LogP contribution in [0.3, 0.4) is 0 Å². The summed E-state index contributed by atoms with van der Waals surface area (Å²) in [6, 6.07) is 12.0. The van der Waals surface area contributed by atoms with Gasteiger partial charge in [0.1, 0.15) is 17.7 Å². The monoisotopic (exact) mass is 545 g/mol. The Balaban J connectivity index is 1.76. The van der Waals surface area contributed by atoms with Crippen LogP contribution in [0.4, 0.5) is 10.2 Å². The molecule has 0 bridgehead atoms. The molecule has 7 nitrogen and oxygen atoms in total. The average molecular weight is 546 g/mol. The van der Waals surface area contributed by atoms with Crippen LogP contribution in [0.25, 0.3) is 33.3 Å². The molecule has 10 heteroatoms. The van der Waals surface area contributed by atoms with Crippen LogP contribution in [-0.4, -0.2) is 29.7 Å². The standard InChI is InChI=1S/C21H14ClFIN7/c22-12-5-2-1-4-11(12)18-16(29-19-13(23)6-3-7-14(19)28-18)9-31-21-17(15(8-24)30-31)20(25)26-10-27-21/h1-7,10H,8-9H2,(H2,25,26,27). The minimum Gasteiger partial charge on any atom is -0.383 e. The summed E-state index contributed by atoms with van der Waals surface area (Å²) < 4.78 is 16.8. The van der Waals surface area contributed by atoms with E-state index in [4.69, 9.17) is 22.3 Å². The van der Waals surface area contributed by atoms with E-state index in [1.807, 2.05) is 18.2 Å². The number of alkyl halides is 1. The maximum atomic E-state index is 14.5. The molecule has 5 aromatic rings. The number of anilines is 1. The quantitative estimate of drug-likeness (QED) is 0.258. The van der Waals surface area contributed by atoms with E-state index >= 15 is 0 Å². The molecule has 154 valence electrons. The van der Waals surface area contributed by atoms with Gasteiger partial charge in [0.2, 0.25) is 0 Å². The van der Waals surface area contributed by atoms with E-state index in [2.05, 4.69) is 42.6 Å². The molecule has 0 radical (unpaired) electrons. The third-order valence-corrected chi connectivity index (χ3v) is 5.96. The number of nitrogens with two attached hydrogens (primary N) is 1. The van der Waals surface area contributed by atoms with E-state index in [-0.39, 0.29) is 12.1 Å². The molecule has 0 amide bonds. The third-order valence-electron chi connectivity index (χ3n) is 4.90. The molecule has 3 aromatic heterocycles. The topological polar surface area (TPSA) is 95.4 Å². The highest BCUT2D eigenvalue weighted by atomic mass is 127. The van der Waals surface area contributed by atoms with E-state index in [0.29, 0.717) is 48.8 Å². The van der Waals surface area contributed by atoms with Crippen LogP contribution in [0.2, 0.25) is 5.02 Å². The Labute approximate surface area is 194 Å². The van der Waals surface area contributed by atoms with Crippen molar-refractivity contribution in [3.63, 3.8) is 0 Å².